The second-order valence-corrected chi connectivity index (χ2v) is 3.87. The number of aliphatic hydroxyl groups is 1. The highest BCUT2D eigenvalue weighted by Gasteiger charge is 2.27. The van der Waals surface area contributed by atoms with Crippen LogP contribution < -0.4 is 5.73 Å². The largest absolute Gasteiger partial charge is 0.397 e. The van der Waals surface area contributed by atoms with E-state index < -0.39 is 47.0 Å². The van der Waals surface area contributed by atoms with Crippen molar-refractivity contribution in [3.8, 4) is 11.3 Å². The van der Waals surface area contributed by atoms with Gasteiger partial charge in [0, 0.05) is 5.56 Å². The van der Waals surface area contributed by atoms with E-state index in [1.54, 1.807) is 0 Å². The lowest BCUT2D eigenvalue weighted by Gasteiger charge is -2.09. The highest BCUT2D eigenvalue weighted by atomic mass is 19.2. The first kappa shape index (κ1) is 14.2. The molecule has 0 aliphatic rings. The normalized spacial score (nSPS) is 10.9. The Bertz CT molecular complexity index is 661. The molecule has 1 aromatic carbocycles. The van der Waals surface area contributed by atoms with Gasteiger partial charge in [-0.3, -0.25) is 4.98 Å². The van der Waals surface area contributed by atoms with Gasteiger partial charge in [-0.25, -0.2) is 22.0 Å². The lowest BCUT2D eigenvalue weighted by Crippen LogP contribution is -2.06. The van der Waals surface area contributed by atoms with Crippen molar-refractivity contribution in [3.05, 3.63) is 46.9 Å². The second kappa shape index (κ2) is 5.04. The lowest BCUT2D eigenvalue weighted by atomic mass is 10.1. The van der Waals surface area contributed by atoms with Crippen LogP contribution in [-0.4, -0.2) is 10.1 Å². The molecule has 0 radical (unpaired) electrons. The summed E-state index contributed by atoms with van der Waals surface area (Å²) in [5.74, 6) is -10.4. The third kappa shape index (κ3) is 2.07. The fraction of sp³-hybridized carbons (Fsp3) is 0.0833. The van der Waals surface area contributed by atoms with Gasteiger partial charge in [-0.05, 0) is 6.07 Å². The summed E-state index contributed by atoms with van der Waals surface area (Å²) in [7, 11) is 0. The molecule has 20 heavy (non-hydrogen) atoms. The van der Waals surface area contributed by atoms with Crippen LogP contribution in [0.2, 0.25) is 0 Å². The molecule has 106 valence electrons. The number of nitrogens with two attached hydrogens (primary N) is 1. The summed E-state index contributed by atoms with van der Waals surface area (Å²) in [5, 5.41) is 8.98. The zero-order valence-corrected chi connectivity index (χ0v) is 9.72. The van der Waals surface area contributed by atoms with Gasteiger partial charge in [0.2, 0.25) is 5.82 Å². The molecule has 0 saturated heterocycles. The number of hydrogen-bond acceptors (Lipinski definition) is 3. The molecule has 3 nitrogen and oxygen atoms in total. The van der Waals surface area contributed by atoms with Crippen molar-refractivity contribution in [2.75, 3.05) is 5.73 Å². The minimum absolute atomic E-state index is 0.0279. The summed E-state index contributed by atoms with van der Waals surface area (Å²) >= 11 is 0. The van der Waals surface area contributed by atoms with E-state index in [1.807, 2.05) is 0 Å². The standard InChI is InChI=1S/C12H7F5N2O/c13-8-7(9(14)11(16)12(17)10(8)15)6-1-4(3-20)5(18)2-19-6/h1-2,20H,3,18H2. The van der Waals surface area contributed by atoms with Crippen LogP contribution in [0.1, 0.15) is 5.56 Å². The average Bonchev–Trinajstić information content (AvgIpc) is 2.45. The molecule has 2 aromatic rings. The highest BCUT2D eigenvalue weighted by molar-refractivity contribution is 5.64. The maximum Gasteiger partial charge on any atom is 0.200 e. The molecular formula is C12H7F5N2O. The number of nitrogens with zero attached hydrogens (tertiary/aromatic N) is 1. The van der Waals surface area contributed by atoms with Crippen molar-refractivity contribution in [3.63, 3.8) is 0 Å². The SMILES string of the molecule is Nc1cnc(-c2c(F)c(F)c(F)c(F)c2F)cc1CO. The van der Waals surface area contributed by atoms with Gasteiger partial charge in [-0.2, -0.15) is 0 Å². The average molecular weight is 290 g/mol. The number of aromatic nitrogens is 1. The summed E-state index contributed by atoms with van der Waals surface area (Å²) < 4.78 is 66.2. The van der Waals surface area contributed by atoms with E-state index in [1.165, 1.54) is 0 Å². The lowest BCUT2D eigenvalue weighted by molar-refractivity contribution is 0.282. The Morgan fingerprint density at radius 3 is 1.95 bits per heavy atom. The maximum absolute atomic E-state index is 13.6. The maximum atomic E-state index is 13.6. The van der Waals surface area contributed by atoms with E-state index in [4.69, 9.17) is 10.8 Å². The van der Waals surface area contributed by atoms with Crippen molar-refractivity contribution >= 4 is 5.69 Å². The van der Waals surface area contributed by atoms with Crippen molar-refractivity contribution in [1.29, 1.82) is 0 Å². The monoisotopic (exact) mass is 290 g/mol. The zero-order valence-electron chi connectivity index (χ0n) is 9.72. The smallest absolute Gasteiger partial charge is 0.200 e. The fourth-order valence-corrected chi connectivity index (χ4v) is 1.61. The molecule has 1 heterocycles. The molecule has 0 aliphatic heterocycles. The Labute approximate surface area is 109 Å². The first-order valence-electron chi connectivity index (χ1n) is 5.25. The first-order chi connectivity index (χ1) is 9.38. The van der Waals surface area contributed by atoms with Crippen LogP contribution >= 0.6 is 0 Å². The summed E-state index contributed by atoms with van der Waals surface area (Å²) in [5.41, 5.74) is 3.81. The number of nitrogen functional groups attached to an aromatic ring is 1. The van der Waals surface area contributed by atoms with E-state index in [0.717, 1.165) is 12.3 Å². The molecule has 0 atom stereocenters. The number of pyridine rings is 1. The molecular weight excluding hydrogens is 283 g/mol. The molecule has 1 aromatic heterocycles. The molecule has 0 fully saturated rings. The van der Waals surface area contributed by atoms with Crippen LogP contribution in [-0.2, 0) is 6.61 Å². The molecule has 0 bridgehead atoms. The van der Waals surface area contributed by atoms with Gasteiger partial charge in [-0.15, -0.1) is 0 Å². The zero-order chi connectivity index (χ0) is 15.0. The van der Waals surface area contributed by atoms with Gasteiger partial charge in [0.15, 0.2) is 23.3 Å². The summed E-state index contributed by atoms with van der Waals surface area (Å²) in [6, 6.07) is 0.952. The van der Waals surface area contributed by atoms with E-state index in [-0.39, 0.29) is 11.3 Å². The third-order valence-electron chi connectivity index (χ3n) is 2.66. The van der Waals surface area contributed by atoms with Crippen LogP contribution in [0.25, 0.3) is 11.3 Å². The molecule has 0 aliphatic carbocycles. The number of anilines is 1. The molecule has 2 rings (SSSR count). The summed E-state index contributed by atoms with van der Waals surface area (Å²) in [4.78, 5) is 3.52. The summed E-state index contributed by atoms with van der Waals surface area (Å²) in [6.45, 7) is -0.573. The Hall–Kier alpha value is -2.22. The minimum Gasteiger partial charge on any atom is -0.397 e. The van der Waals surface area contributed by atoms with Crippen LogP contribution in [0.15, 0.2) is 12.3 Å². The predicted molar refractivity (Wildman–Crippen MR) is 59.8 cm³/mol. The highest BCUT2D eigenvalue weighted by Crippen LogP contribution is 2.31. The van der Waals surface area contributed by atoms with Crippen LogP contribution in [0.4, 0.5) is 27.6 Å². The third-order valence-corrected chi connectivity index (χ3v) is 2.66. The number of halogens is 5. The Morgan fingerprint density at radius 1 is 0.950 bits per heavy atom. The van der Waals surface area contributed by atoms with Gasteiger partial charge in [0.1, 0.15) is 0 Å². The molecule has 0 saturated carbocycles. The van der Waals surface area contributed by atoms with Crippen molar-refractivity contribution in [2.24, 2.45) is 0 Å². The molecule has 0 unspecified atom stereocenters. The second-order valence-electron chi connectivity index (χ2n) is 3.87. The Balaban J connectivity index is 2.76. The van der Waals surface area contributed by atoms with E-state index in [2.05, 4.69) is 4.98 Å². The van der Waals surface area contributed by atoms with Crippen molar-refractivity contribution in [2.45, 2.75) is 6.61 Å². The fourth-order valence-electron chi connectivity index (χ4n) is 1.61. The topological polar surface area (TPSA) is 59.1 Å². The first-order valence-corrected chi connectivity index (χ1v) is 5.25. The molecule has 3 N–H and O–H groups in total. The van der Waals surface area contributed by atoms with E-state index >= 15 is 0 Å². The van der Waals surface area contributed by atoms with Gasteiger partial charge in [-0.1, -0.05) is 0 Å². The molecule has 0 spiro atoms. The minimum atomic E-state index is -2.25. The quantitative estimate of drug-likeness (QED) is 0.507. The molecule has 8 heteroatoms. The van der Waals surface area contributed by atoms with Gasteiger partial charge >= 0.3 is 0 Å². The van der Waals surface area contributed by atoms with Crippen molar-refractivity contribution < 1.29 is 27.1 Å². The Kier molecular flexibility index (Phi) is 3.58. The number of aliphatic hydroxyl groups excluding tert-OH is 1. The van der Waals surface area contributed by atoms with Crippen LogP contribution in [0.3, 0.4) is 0 Å². The van der Waals surface area contributed by atoms with E-state index in [9.17, 15) is 22.0 Å². The molecule has 0 amide bonds. The summed E-state index contributed by atoms with van der Waals surface area (Å²) in [6.07, 6.45) is 0.957. The van der Waals surface area contributed by atoms with E-state index in [0.29, 0.717) is 0 Å². The van der Waals surface area contributed by atoms with Gasteiger partial charge in [0.05, 0.1) is 29.7 Å². The van der Waals surface area contributed by atoms with Crippen LogP contribution in [0.5, 0.6) is 0 Å². The number of rotatable bonds is 2. The predicted octanol–water partition coefficient (Wildman–Crippen LogP) is 2.52. The van der Waals surface area contributed by atoms with Crippen molar-refractivity contribution in [1.82, 2.24) is 4.98 Å². The van der Waals surface area contributed by atoms with Gasteiger partial charge in [0.25, 0.3) is 0 Å². The van der Waals surface area contributed by atoms with Gasteiger partial charge < -0.3 is 10.8 Å². The number of hydrogen-bond donors (Lipinski definition) is 2. The number of benzene rings is 1. The van der Waals surface area contributed by atoms with Crippen LogP contribution in [0, 0.1) is 29.1 Å². The Morgan fingerprint density at radius 2 is 1.45 bits per heavy atom.